The van der Waals surface area contributed by atoms with Crippen LogP contribution >= 0.6 is 27.5 Å². The average molecular weight is 669 g/mol. The van der Waals surface area contributed by atoms with E-state index in [1.54, 1.807) is 43.3 Å². The zero-order chi connectivity index (χ0) is 30.3. The third kappa shape index (κ3) is 7.59. The second kappa shape index (κ2) is 14.0. The fourth-order valence-corrected chi connectivity index (χ4v) is 6.63. The Hall–Kier alpha value is -3.66. The van der Waals surface area contributed by atoms with Crippen molar-refractivity contribution in [2.45, 2.75) is 30.8 Å². The van der Waals surface area contributed by atoms with Gasteiger partial charge in [0.25, 0.3) is 10.0 Å². The van der Waals surface area contributed by atoms with Gasteiger partial charge in [-0.1, -0.05) is 88.2 Å². The Balaban J connectivity index is 1.80. The molecule has 2 amide bonds. The van der Waals surface area contributed by atoms with Gasteiger partial charge >= 0.3 is 0 Å². The average Bonchev–Trinajstić information content (AvgIpc) is 2.99. The second-order valence-corrected chi connectivity index (χ2v) is 12.9. The van der Waals surface area contributed by atoms with Gasteiger partial charge in [0, 0.05) is 29.5 Å². The molecule has 0 saturated carbocycles. The van der Waals surface area contributed by atoms with Gasteiger partial charge in [0.1, 0.15) is 12.6 Å². The molecule has 0 aromatic heterocycles. The first kappa shape index (κ1) is 31.3. The minimum atomic E-state index is -4.17. The van der Waals surface area contributed by atoms with Crippen molar-refractivity contribution in [3.63, 3.8) is 0 Å². The molecular weight excluding hydrogens is 638 g/mol. The number of rotatable bonds is 11. The van der Waals surface area contributed by atoms with Crippen LogP contribution in [0.4, 0.5) is 5.69 Å². The largest absolute Gasteiger partial charge is 0.357 e. The van der Waals surface area contributed by atoms with Crippen LogP contribution in [-0.2, 0) is 32.6 Å². The Bertz CT molecular complexity index is 1640. The fraction of sp³-hybridized carbons (Fsp3) is 0.188. The highest BCUT2D eigenvalue weighted by atomic mass is 79.9. The molecule has 0 spiro atoms. The van der Waals surface area contributed by atoms with Crippen LogP contribution in [0.15, 0.2) is 112 Å². The summed E-state index contributed by atoms with van der Waals surface area (Å²) >= 11 is 9.62. The summed E-state index contributed by atoms with van der Waals surface area (Å²) in [5, 5.41) is 3.13. The Kier molecular flexibility index (Phi) is 10.4. The van der Waals surface area contributed by atoms with Gasteiger partial charge < -0.3 is 10.2 Å². The van der Waals surface area contributed by atoms with Crippen LogP contribution in [-0.4, -0.2) is 44.8 Å². The first-order valence-corrected chi connectivity index (χ1v) is 15.8. The molecule has 0 bridgehead atoms. The summed E-state index contributed by atoms with van der Waals surface area (Å²) in [6, 6.07) is 28.7. The van der Waals surface area contributed by atoms with Gasteiger partial charge in [-0.15, -0.1) is 0 Å². The SMILES string of the molecule is CNC(=O)[C@@H](Cc1ccccc1)N(Cc1ccc(Br)cc1)C(=O)CN(c1ccc(Cl)cc1C)S(=O)(=O)c1ccccc1. The van der Waals surface area contributed by atoms with Gasteiger partial charge in [0.05, 0.1) is 10.6 Å². The van der Waals surface area contributed by atoms with E-state index in [0.717, 1.165) is 19.9 Å². The number of carbonyl (C=O) groups is 2. The Morgan fingerprint density at radius 2 is 1.50 bits per heavy atom. The second-order valence-electron chi connectivity index (χ2n) is 9.72. The van der Waals surface area contributed by atoms with Crippen molar-refractivity contribution < 1.29 is 18.0 Å². The number of sulfonamides is 1. The molecule has 0 aliphatic rings. The summed E-state index contributed by atoms with van der Waals surface area (Å²) < 4.78 is 30.0. The summed E-state index contributed by atoms with van der Waals surface area (Å²) in [5.74, 6) is -0.888. The Morgan fingerprint density at radius 1 is 0.881 bits per heavy atom. The first-order valence-electron chi connectivity index (χ1n) is 13.2. The van der Waals surface area contributed by atoms with Crippen molar-refractivity contribution >= 4 is 55.1 Å². The number of benzene rings is 4. The molecule has 0 unspecified atom stereocenters. The monoisotopic (exact) mass is 667 g/mol. The maximum absolute atomic E-state index is 14.3. The first-order chi connectivity index (χ1) is 20.1. The highest BCUT2D eigenvalue weighted by molar-refractivity contribution is 9.10. The van der Waals surface area contributed by atoms with E-state index in [-0.39, 0.29) is 23.8 Å². The topological polar surface area (TPSA) is 86.8 Å². The number of nitrogens with one attached hydrogen (secondary N) is 1. The molecule has 0 fully saturated rings. The molecule has 1 N–H and O–H groups in total. The van der Waals surface area contributed by atoms with Crippen LogP contribution in [0.1, 0.15) is 16.7 Å². The molecule has 0 heterocycles. The summed E-state index contributed by atoms with van der Waals surface area (Å²) in [5.41, 5.74) is 2.55. The van der Waals surface area contributed by atoms with Crippen molar-refractivity contribution in [1.29, 1.82) is 0 Å². The maximum Gasteiger partial charge on any atom is 0.264 e. The molecule has 0 saturated heterocycles. The summed E-state index contributed by atoms with van der Waals surface area (Å²) in [4.78, 5) is 29.1. The minimum Gasteiger partial charge on any atom is -0.357 e. The number of aryl methyl sites for hydroxylation is 1. The Labute approximate surface area is 260 Å². The van der Waals surface area contributed by atoms with Gasteiger partial charge in [-0.3, -0.25) is 13.9 Å². The lowest BCUT2D eigenvalue weighted by Gasteiger charge is -2.34. The van der Waals surface area contributed by atoms with E-state index in [1.807, 2.05) is 54.6 Å². The lowest BCUT2D eigenvalue weighted by molar-refractivity contribution is -0.139. The number of anilines is 1. The highest BCUT2D eigenvalue weighted by Crippen LogP contribution is 2.29. The van der Waals surface area contributed by atoms with Crippen LogP contribution < -0.4 is 9.62 Å². The third-order valence-corrected chi connectivity index (χ3v) is 9.36. The molecule has 10 heteroatoms. The number of amides is 2. The van der Waals surface area contributed by atoms with E-state index in [1.165, 1.54) is 24.1 Å². The molecule has 0 radical (unpaired) electrons. The van der Waals surface area contributed by atoms with Crippen molar-refractivity contribution in [2.24, 2.45) is 0 Å². The molecule has 7 nitrogen and oxygen atoms in total. The van der Waals surface area contributed by atoms with E-state index >= 15 is 0 Å². The van der Waals surface area contributed by atoms with Crippen LogP contribution in [0.25, 0.3) is 0 Å². The van der Waals surface area contributed by atoms with Gasteiger partial charge in [-0.25, -0.2) is 8.42 Å². The zero-order valence-electron chi connectivity index (χ0n) is 23.2. The number of nitrogens with zero attached hydrogens (tertiary/aromatic N) is 2. The molecule has 42 heavy (non-hydrogen) atoms. The predicted octanol–water partition coefficient (Wildman–Crippen LogP) is 5.99. The van der Waals surface area contributed by atoms with Crippen molar-refractivity contribution in [2.75, 3.05) is 17.9 Å². The summed E-state index contributed by atoms with van der Waals surface area (Å²) in [6.45, 7) is 1.30. The molecule has 0 aliphatic carbocycles. The van der Waals surface area contributed by atoms with Gasteiger partial charge in [-0.05, 0) is 66.1 Å². The van der Waals surface area contributed by atoms with Gasteiger partial charge in [0.2, 0.25) is 11.8 Å². The van der Waals surface area contributed by atoms with Crippen LogP contribution in [0.3, 0.4) is 0 Å². The lowest BCUT2D eigenvalue weighted by Crippen LogP contribution is -2.53. The smallest absolute Gasteiger partial charge is 0.264 e. The molecule has 0 aliphatic heterocycles. The number of carbonyl (C=O) groups excluding carboxylic acids is 2. The zero-order valence-corrected chi connectivity index (χ0v) is 26.4. The van der Waals surface area contributed by atoms with E-state index in [0.29, 0.717) is 16.3 Å². The molecule has 1 atom stereocenters. The van der Waals surface area contributed by atoms with E-state index < -0.39 is 28.5 Å². The minimum absolute atomic E-state index is 0.0405. The lowest BCUT2D eigenvalue weighted by atomic mass is 10.0. The number of likely N-dealkylation sites (N-methyl/N-ethyl adjacent to an activating group) is 1. The number of hydrogen-bond donors (Lipinski definition) is 1. The van der Waals surface area contributed by atoms with Crippen LogP contribution in [0.5, 0.6) is 0 Å². The molecular formula is C32H31BrClN3O4S. The number of hydrogen-bond acceptors (Lipinski definition) is 4. The third-order valence-electron chi connectivity index (χ3n) is 6.82. The van der Waals surface area contributed by atoms with Crippen molar-refractivity contribution in [3.8, 4) is 0 Å². The fourth-order valence-electron chi connectivity index (χ4n) is 4.64. The van der Waals surface area contributed by atoms with E-state index in [9.17, 15) is 18.0 Å². The number of halogens is 2. The van der Waals surface area contributed by atoms with Crippen molar-refractivity contribution in [3.05, 3.63) is 129 Å². The Morgan fingerprint density at radius 3 is 2.10 bits per heavy atom. The molecule has 4 aromatic carbocycles. The standard InChI is InChI=1S/C32H31BrClN3O4S/c1-23-19-27(34)17-18-29(23)37(42(40,41)28-11-7-4-8-12-28)22-31(38)36(21-25-13-15-26(33)16-14-25)30(32(39)35-2)20-24-9-5-3-6-10-24/h3-19,30H,20-22H2,1-2H3,(H,35,39)/t30-/m1/s1. The van der Waals surface area contributed by atoms with Crippen LogP contribution in [0, 0.1) is 6.92 Å². The molecule has 4 aromatic rings. The van der Waals surface area contributed by atoms with Gasteiger partial charge in [0.15, 0.2) is 0 Å². The van der Waals surface area contributed by atoms with E-state index in [2.05, 4.69) is 21.2 Å². The quantitative estimate of drug-likeness (QED) is 0.213. The predicted molar refractivity (Wildman–Crippen MR) is 170 cm³/mol. The van der Waals surface area contributed by atoms with Crippen molar-refractivity contribution in [1.82, 2.24) is 10.2 Å². The summed E-state index contributed by atoms with van der Waals surface area (Å²) in [7, 11) is -2.65. The maximum atomic E-state index is 14.3. The summed E-state index contributed by atoms with van der Waals surface area (Å²) in [6.07, 6.45) is 0.244. The van der Waals surface area contributed by atoms with Gasteiger partial charge in [-0.2, -0.15) is 0 Å². The molecule has 218 valence electrons. The van der Waals surface area contributed by atoms with Crippen LogP contribution in [0.2, 0.25) is 5.02 Å². The van der Waals surface area contributed by atoms with E-state index in [4.69, 9.17) is 11.6 Å². The highest BCUT2D eigenvalue weighted by Gasteiger charge is 2.34. The normalized spacial score (nSPS) is 11.9. The molecule has 4 rings (SSSR count).